The van der Waals surface area contributed by atoms with Gasteiger partial charge in [-0.15, -0.1) is 0 Å². The fourth-order valence-electron chi connectivity index (χ4n) is 2.83. The standard InChI is InChI=1S/C19H21N5O2/c1-11-8-14(20-13(3)25)6-7-15(11)16-10-18-21-17(19(26)23(4)5)9-12(2)24(18)22-16/h6-10H,1-5H3,(H,20,25). The van der Waals surface area contributed by atoms with Crippen molar-refractivity contribution in [1.82, 2.24) is 19.5 Å². The van der Waals surface area contributed by atoms with Crippen LogP contribution in [0.3, 0.4) is 0 Å². The smallest absolute Gasteiger partial charge is 0.272 e. The third kappa shape index (κ3) is 3.28. The topological polar surface area (TPSA) is 79.6 Å². The van der Waals surface area contributed by atoms with Gasteiger partial charge in [0.1, 0.15) is 5.69 Å². The molecule has 3 rings (SSSR count). The van der Waals surface area contributed by atoms with Gasteiger partial charge in [-0.25, -0.2) is 9.50 Å². The number of benzene rings is 1. The molecule has 2 heterocycles. The first kappa shape index (κ1) is 17.6. The van der Waals surface area contributed by atoms with Crippen LogP contribution < -0.4 is 5.32 Å². The number of amides is 2. The maximum Gasteiger partial charge on any atom is 0.272 e. The summed E-state index contributed by atoms with van der Waals surface area (Å²) in [7, 11) is 3.40. The predicted octanol–water partition coefficient (Wildman–Crippen LogP) is 2.67. The maximum absolute atomic E-state index is 12.2. The summed E-state index contributed by atoms with van der Waals surface area (Å²) in [4.78, 5) is 29.3. The largest absolute Gasteiger partial charge is 0.343 e. The molecule has 0 radical (unpaired) electrons. The fourth-order valence-corrected chi connectivity index (χ4v) is 2.83. The normalized spacial score (nSPS) is 10.8. The van der Waals surface area contributed by atoms with E-state index in [1.165, 1.54) is 11.8 Å². The van der Waals surface area contributed by atoms with E-state index in [0.29, 0.717) is 11.3 Å². The van der Waals surface area contributed by atoms with Crippen LogP contribution in [0.5, 0.6) is 0 Å². The quantitative estimate of drug-likeness (QED) is 0.787. The second kappa shape index (κ2) is 6.59. The third-order valence-corrected chi connectivity index (χ3v) is 4.05. The molecule has 26 heavy (non-hydrogen) atoms. The zero-order chi connectivity index (χ0) is 19.0. The summed E-state index contributed by atoms with van der Waals surface area (Å²) >= 11 is 0. The number of hydrogen-bond acceptors (Lipinski definition) is 4. The van der Waals surface area contributed by atoms with Crippen LogP contribution in [0.2, 0.25) is 0 Å². The second-order valence-electron chi connectivity index (χ2n) is 6.49. The van der Waals surface area contributed by atoms with E-state index in [-0.39, 0.29) is 11.8 Å². The molecule has 0 unspecified atom stereocenters. The van der Waals surface area contributed by atoms with Crippen molar-refractivity contribution in [1.29, 1.82) is 0 Å². The minimum Gasteiger partial charge on any atom is -0.343 e. The van der Waals surface area contributed by atoms with E-state index in [2.05, 4.69) is 15.4 Å². The summed E-state index contributed by atoms with van der Waals surface area (Å²) in [6, 6.07) is 9.26. The summed E-state index contributed by atoms with van der Waals surface area (Å²) in [6.45, 7) is 5.34. The van der Waals surface area contributed by atoms with Crippen molar-refractivity contribution in [3.63, 3.8) is 0 Å². The average Bonchev–Trinajstić information content (AvgIpc) is 2.97. The lowest BCUT2D eigenvalue weighted by Gasteiger charge is -2.10. The van der Waals surface area contributed by atoms with Crippen molar-refractivity contribution in [3.8, 4) is 11.3 Å². The van der Waals surface area contributed by atoms with E-state index in [1.807, 2.05) is 38.1 Å². The SMILES string of the molecule is CC(=O)Nc1ccc(-c2cc3nc(C(=O)N(C)C)cc(C)n3n2)c(C)c1. The van der Waals surface area contributed by atoms with Crippen LogP contribution in [0.25, 0.3) is 16.9 Å². The molecule has 1 N–H and O–H groups in total. The molecule has 0 atom stereocenters. The number of rotatable bonds is 3. The number of hydrogen-bond donors (Lipinski definition) is 1. The van der Waals surface area contributed by atoms with E-state index in [0.717, 1.165) is 28.2 Å². The molecule has 2 aromatic heterocycles. The van der Waals surface area contributed by atoms with E-state index in [9.17, 15) is 9.59 Å². The first-order valence-electron chi connectivity index (χ1n) is 8.24. The summed E-state index contributed by atoms with van der Waals surface area (Å²) in [5.41, 5.74) is 5.29. The van der Waals surface area contributed by atoms with Gasteiger partial charge in [-0.1, -0.05) is 6.07 Å². The van der Waals surface area contributed by atoms with Crippen molar-refractivity contribution >= 4 is 23.1 Å². The Balaban J connectivity index is 2.05. The monoisotopic (exact) mass is 351 g/mol. The summed E-state index contributed by atoms with van der Waals surface area (Å²) < 4.78 is 1.73. The van der Waals surface area contributed by atoms with Crippen LogP contribution in [0.1, 0.15) is 28.7 Å². The van der Waals surface area contributed by atoms with Crippen molar-refractivity contribution < 1.29 is 9.59 Å². The van der Waals surface area contributed by atoms with Crippen molar-refractivity contribution in [3.05, 3.63) is 47.3 Å². The van der Waals surface area contributed by atoms with E-state index >= 15 is 0 Å². The Morgan fingerprint density at radius 1 is 1.12 bits per heavy atom. The highest BCUT2D eigenvalue weighted by atomic mass is 16.2. The van der Waals surface area contributed by atoms with E-state index in [1.54, 1.807) is 24.7 Å². The Morgan fingerprint density at radius 3 is 2.46 bits per heavy atom. The Hall–Kier alpha value is -3.22. The molecule has 7 nitrogen and oxygen atoms in total. The van der Waals surface area contributed by atoms with Gasteiger partial charge in [0, 0.05) is 44.0 Å². The molecule has 0 saturated heterocycles. The molecule has 3 aromatic rings. The van der Waals surface area contributed by atoms with Gasteiger partial charge in [0.15, 0.2) is 5.65 Å². The molecular formula is C19H21N5O2. The molecule has 0 aliphatic rings. The molecule has 7 heteroatoms. The number of aryl methyl sites for hydroxylation is 2. The number of carbonyl (C=O) groups is 2. The lowest BCUT2D eigenvalue weighted by atomic mass is 10.1. The first-order chi connectivity index (χ1) is 12.3. The van der Waals surface area contributed by atoms with Gasteiger partial charge in [0.25, 0.3) is 5.91 Å². The lowest BCUT2D eigenvalue weighted by molar-refractivity contribution is -0.114. The van der Waals surface area contributed by atoms with E-state index in [4.69, 9.17) is 0 Å². The fraction of sp³-hybridized carbons (Fsp3) is 0.263. The molecule has 134 valence electrons. The molecule has 0 aliphatic heterocycles. The van der Waals surface area contributed by atoms with Crippen LogP contribution >= 0.6 is 0 Å². The molecule has 0 aliphatic carbocycles. The van der Waals surface area contributed by atoms with Gasteiger partial charge < -0.3 is 10.2 Å². The number of nitrogens with zero attached hydrogens (tertiary/aromatic N) is 4. The molecule has 0 spiro atoms. The number of fused-ring (bicyclic) bond motifs is 1. The minimum atomic E-state index is -0.144. The summed E-state index contributed by atoms with van der Waals surface area (Å²) in [6.07, 6.45) is 0. The molecule has 0 bridgehead atoms. The Bertz CT molecular complexity index is 1020. The summed E-state index contributed by atoms with van der Waals surface area (Å²) in [5.74, 6) is -0.253. The van der Waals surface area contributed by atoms with Crippen LogP contribution in [-0.4, -0.2) is 45.4 Å². The number of carbonyl (C=O) groups excluding carboxylic acids is 2. The van der Waals surface area contributed by atoms with Crippen LogP contribution in [-0.2, 0) is 4.79 Å². The van der Waals surface area contributed by atoms with Crippen molar-refractivity contribution in [2.24, 2.45) is 0 Å². The highest BCUT2D eigenvalue weighted by Gasteiger charge is 2.15. The first-order valence-corrected chi connectivity index (χ1v) is 8.24. The zero-order valence-electron chi connectivity index (χ0n) is 15.5. The van der Waals surface area contributed by atoms with Gasteiger partial charge >= 0.3 is 0 Å². The molecule has 0 saturated carbocycles. The zero-order valence-corrected chi connectivity index (χ0v) is 15.5. The van der Waals surface area contributed by atoms with Gasteiger partial charge in [-0.2, -0.15) is 5.10 Å². The van der Waals surface area contributed by atoms with Gasteiger partial charge in [-0.05, 0) is 37.6 Å². The van der Waals surface area contributed by atoms with Crippen molar-refractivity contribution in [2.45, 2.75) is 20.8 Å². The highest BCUT2D eigenvalue weighted by Crippen LogP contribution is 2.26. The molecular weight excluding hydrogens is 330 g/mol. The van der Waals surface area contributed by atoms with Gasteiger partial charge in [0.2, 0.25) is 5.91 Å². The molecule has 1 aromatic carbocycles. The second-order valence-corrected chi connectivity index (χ2v) is 6.49. The van der Waals surface area contributed by atoms with Crippen molar-refractivity contribution in [2.75, 3.05) is 19.4 Å². The van der Waals surface area contributed by atoms with Crippen LogP contribution in [0.4, 0.5) is 5.69 Å². The Kier molecular flexibility index (Phi) is 4.46. The number of aromatic nitrogens is 3. The van der Waals surface area contributed by atoms with Gasteiger partial charge in [-0.3, -0.25) is 9.59 Å². The number of anilines is 1. The lowest BCUT2D eigenvalue weighted by Crippen LogP contribution is -2.23. The third-order valence-electron chi connectivity index (χ3n) is 4.05. The minimum absolute atomic E-state index is 0.109. The Labute approximate surface area is 151 Å². The highest BCUT2D eigenvalue weighted by molar-refractivity contribution is 5.92. The van der Waals surface area contributed by atoms with E-state index < -0.39 is 0 Å². The molecule has 2 amide bonds. The Morgan fingerprint density at radius 2 is 1.85 bits per heavy atom. The molecule has 0 fully saturated rings. The predicted molar refractivity (Wildman–Crippen MR) is 100 cm³/mol. The summed E-state index contributed by atoms with van der Waals surface area (Å²) in [5, 5.41) is 7.39. The maximum atomic E-state index is 12.2. The van der Waals surface area contributed by atoms with Crippen LogP contribution in [0, 0.1) is 13.8 Å². The average molecular weight is 351 g/mol. The van der Waals surface area contributed by atoms with Crippen LogP contribution in [0.15, 0.2) is 30.3 Å². The van der Waals surface area contributed by atoms with Gasteiger partial charge in [0.05, 0.1) is 5.69 Å². The number of nitrogens with one attached hydrogen (secondary N) is 1.